The zero-order chi connectivity index (χ0) is 14.4. The van der Waals surface area contributed by atoms with E-state index in [-0.39, 0.29) is 11.8 Å². The standard InChI is InChI=1S/C14H18N2O3/c1-7-9(6-10(17)18)8(2)15-13-11(7)12(16-19-13)14(3,4)5/h6H2,1-5H3,(H,17,18). The minimum atomic E-state index is -0.860. The Morgan fingerprint density at radius 3 is 2.47 bits per heavy atom. The summed E-state index contributed by atoms with van der Waals surface area (Å²) in [6.45, 7) is 9.83. The van der Waals surface area contributed by atoms with Crippen LogP contribution < -0.4 is 0 Å². The summed E-state index contributed by atoms with van der Waals surface area (Å²) in [6.07, 6.45) is -0.0324. The molecule has 0 amide bonds. The van der Waals surface area contributed by atoms with Gasteiger partial charge in [-0.1, -0.05) is 25.9 Å². The molecule has 0 saturated carbocycles. The molecule has 19 heavy (non-hydrogen) atoms. The second-order valence-corrected chi connectivity index (χ2v) is 5.83. The van der Waals surface area contributed by atoms with E-state index in [4.69, 9.17) is 9.63 Å². The normalized spacial score (nSPS) is 12.1. The van der Waals surface area contributed by atoms with Crippen LogP contribution in [0, 0.1) is 13.8 Å². The molecule has 5 nitrogen and oxygen atoms in total. The van der Waals surface area contributed by atoms with Gasteiger partial charge in [0.1, 0.15) is 0 Å². The summed E-state index contributed by atoms with van der Waals surface area (Å²) >= 11 is 0. The molecule has 0 saturated heterocycles. The Hall–Kier alpha value is -1.91. The lowest BCUT2D eigenvalue weighted by molar-refractivity contribution is -0.136. The first-order valence-electron chi connectivity index (χ1n) is 6.19. The molecule has 0 spiro atoms. The van der Waals surface area contributed by atoms with Crippen molar-refractivity contribution in [2.24, 2.45) is 0 Å². The van der Waals surface area contributed by atoms with Gasteiger partial charge in [-0.2, -0.15) is 0 Å². The number of aryl methyl sites for hydroxylation is 2. The van der Waals surface area contributed by atoms with Crippen molar-refractivity contribution < 1.29 is 14.4 Å². The van der Waals surface area contributed by atoms with Crippen molar-refractivity contribution in [3.05, 3.63) is 22.5 Å². The third-order valence-corrected chi connectivity index (χ3v) is 3.25. The predicted molar refractivity (Wildman–Crippen MR) is 71.3 cm³/mol. The lowest BCUT2D eigenvalue weighted by Crippen LogP contribution is -2.13. The molecule has 0 unspecified atom stereocenters. The van der Waals surface area contributed by atoms with E-state index >= 15 is 0 Å². The topological polar surface area (TPSA) is 76.2 Å². The van der Waals surface area contributed by atoms with Gasteiger partial charge in [0.25, 0.3) is 5.71 Å². The van der Waals surface area contributed by atoms with Gasteiger partial charge in [-0.3, -0.25) is 4.79 Å². The summed E-state index contributed by atoms with van der Waals surface area (Å²) in [5, 5.41) is 13.9. The number of pyridine rings is 1. The Morgan fingerprint density at radius 2 is 1.95 bits per heavy atom. The van der Waals surface area contributed by atoms with E-state index in [1.807, 2.05) is 27.7 Å². The zero-order valence-corrected chi connectivity index (χ0v) is 11.9. The molecule has 0 atom stereocenters. The number of aliphatic carboxylic acids is 1. The first-order chi connectivity index (χ1) is 8.71. The summed E-state index contributed by atoms with van der Waals surface area (Å²) in [7, 11) is 0. The molecule has 0 aliphatic carbocycles. The van der Waals surface area contributed by atoms with Crippen molar-refractivity contribution in [2.45, 2.75) is 46.5 Å². The summed E-state index contributed by atoms with van der Waals surface area (Å²) in [5.74, 6) is -0.860. The van der Waals surface area contributed by atoms with Crippen molar-refractivity contribution in [1.29, 1.82) is 0 Å². The van der Waals surface area contributed by atoms with Gasteiger partial charge in [0.2, 0.25) is 0 Å². The average molecular weight is 262 g/mol. The summed E-state index contributed by atoms with van der Waals surface area (Å²) < 4.78 is 5.29. The van der Waals surface area contributed by atoms with Crippen LogP contribution in [0.15, 0.2) is 4.52 Å². The Morgan fingerprint density at radius 1 is 1.32 bits per heavy atom. The predicted octanol–water partition coefficient (Wildman–Crippen LogP) is 2.76. The average Bonchev–Trinajstić information content (AvgIpc) is 2.67. The third-order valence-electron chi connectivity index (χ3n) is 3.25. The number of carboxylic acid groups (broad SMARTS) is 1. The van der Waals surface area contributed by atoms with Gasteiger partial charge in [-0.15, -0.1) is 0 Å². The molecular formula is C14H18N2O3. The molecule has 2 heterocycles. The molecule has 0 bridgehead atoms. The summed E-state index contributed by atoms with van der Waals surface area (Å²) in [6, 6.07) is 0. The summed E-state index contributed by atoms with van der Waals surface area (Å²) in [5.41, 5.74) is 3.45. The molecule has 0 aliphatic rings. The number of hydrogen-bond donors (Lipinski definition) is 1. The van der Waals surface area contributed by atoms with Crippen molar-refractivity contribution >= 4 is 17.1 Å². The fourth-order valence-corrected chi connectivity index (χ4v) is 2.26. The minimum Gasteiger partial charge on any atom is -0.481 e. The maximum Gasteiger partial charge on any atom is 0.307 e. The van der Waals surface area contributed by atoms with Crippen molar-refractivity contribution in [3.8, 4) is 0 Å². The monoisotopic (exact) mass is 262 g/mol. The van der Waals surface area contributed by atoms with E-state index in [0.717, 1.165) is 22.2 Å². The molecule has 0 aromatic carbocycles. The van der Waals surface area contributed by atoms with Crippen LogP contribution in [0.2, 0.25) is 0 Å². The lowest BCUT2D eigenvalue weighted by atomic mass is 9.88. The second-order valence-electron chi connectivity index (χ2n) is 5.83. The van der Waals surface area contributed by atoms with Crippen LogP contribution >= 0.6 is 0 Å². The summed E-state index contributed by atoms with van der Waals surface area (Å²) in [4.78, 5) is 15.3. The number of aromatic nitrogens is 2. The van der Waals surface area contributed by atoms with Crippen LogP contribution in [-0.2, 0) is 16.6 Å². The van der Waals surface area contributed by atoms with Gasteiger partial charge in [0, 0.05) is 11.1 Å². The van der Waals surface area contributed by atoms with Gasteiger partial charge in [-0.25, -0.2) is 4.98 Å². The van der Waals surface area contributed by atoms with E-state index in [1.54, 1.807) is 6.92 Å². The highest BCUT2D eigenvalue weighted by molar-refractivity contribution is 5.84. The molecule has 0 radical (unpaired) electrons. The molecule has 0 fully saturated rings. The van der Waals surface area contributed by atoms with E-state index in [9.17, 15) is 4.79 Å². The number of nitrogens with zero attached hydrogens (tertiary/aromatic N) is 2. The van der Waals surface area contributed by atoms with Gasteiger partial charge in [0.05, 0.1) is 17.5 Å². The molecule has 1 N–H and O–H groups in total. The van der Waals surface area contributed by atoms with Crippen LogP contribution in [0.4, 0.5) is 0 Å². The van der Waals surface area contributed by atoms with E-state index in [0.29, 0.717) is 11.4 Å². The highest BCUT2D eigenvalue weighted by Gasteiger charge is 2.26. The van der Waals surface area contributed by atoms with Crippen molar-refractivity contribution in [1.82, 2.24) is 10.1 Å². The van der Waals surface area contributed by atoms with Gasteiger partial charge in [0.15, 0.2) is 0 Å². The van der Waals surface area contributed by atoms with Crippen LogP contribution in [0.5, 0.6) is 0 Å². The molecule has 5 heteroatoms. The quantitative estimate of drug-likeness (QED) is 0.900. The van der Waals surface area contributed by atoms with Gasteiger partial charge < -0.3 is 9.63 Å². The fourth-order valence-electron chi connectivity index (χ4n) is 2.26. The van der Waals surface area contributed by atoms with Crippen molar-refractivity contribution in [2.75, 3.05) is 0 Å². The van der Waals surface area contributed by atoms with E-state index in [2.05, 4.69) is 10.1 Å². The number of rotatable bonds is 2. The first-order valence-corrected chi connectivity index (χ1v) is 6.19. The van der Waals surface area contributed by atoms with Crippen LogP contribution in [-0.4, -0.2) is 21.2 Å². The van der Waals surface area contributed by atoms with Crippen LogP contribution in [0.25, 0.3) is 11.1 Å². The highest BCUT2D eigenvalue weighted by atomic mass is 16.5. The van der Waals surface area contributed by atoms with Crippen LogP contribution in [0.3, 0.4) is 0 Å². The number of hydrogen-bond acceptors (Lipinski definition) is 4. The molecule has 102 valence electrons. The molecular weight excluding hydrogens is 244 g/mol. The third kappa shape index (κ3) is 2.32. The van der Waals surface area contributed by atoms with Gasteiger partial charge >= 0.3 is 5.97 Å². The molecule has 2 aromatic heterocycles. The highest BCUT2D eigenvalue weighted by Crippen LogP contribution is 2.32. The Labute approximate surface area is 111 Å². The van der Waals surface area contributed by atoms with Crippen molar-refractivity contribution in [3.63, 3.8) is 0 Å². The fraction of sp³-hybridized carbons (Fsp3) is 0.500. The SMILES string of the molecule is Cc1nc2onc(C(C)(C)C)c2c(C)c1CC(=O)O. The molecule has 0 aliphatic heterocycles. The molecule has 2 aromatic rings. The smallest absolute Gasteiger partial charge is 0.307 e. The minimum absolute atomic E-state index is 0.0324. The Balaban J connectivity index is 2.76. The largest absolute Gasteiger partial charge is 0.481 e. The number of carboxylic acids is 1. The second kappa shape index (κ2) is 4.33. The number of fused-ring (bicyclic) bond motifs is 1. The number of carbonyl (C=O) groups is 1. The maximum absolute atomic E-state index is 11.0. The van der Waals surface area contributed by atoms with E-state index in [1.165, 1.54) is 0 Å². The van der Waals surface area contributed by atoms with Gasteiger partial charge in [-0.05, 0) is 25.0 Å². The Kier molecular flexibility index (Phi) is 3.08. The molecule has 2 rings (SSSR count). The van der Waals surface area contributed by atoms with Crippen LogP contribution in [0.1, 0.15) is 43.3 Å². The first kappa shape index (κ1) is 13.5. The maximum atomic E-state index is 11.0. The lowest BCUT2D eigenvalue weighted by Gasteiger charge is -2.16. The zero-order valence-electron chi connectivity index (χ0n) is 11.9. The van der Waals surface area contributed by atoms with E-state index < -0.39 is 5.97 Å². The Bertz CT molecular complexity index is 651.